The van der Waals surface area contributed by atoms with Crippen molar-refractivity contribution in [3.8, 4) is 11.5 Å². The quantitative estimate of drug-likeness (QED) is 0.430. The van der Waals surface area contributed by atoms with Crippen LogP contribution in [0.5, 0.6) is 11.5 Å². The Hall–Kier alpha value is -3.10. The van der Waals surface area contributed by atoms with E-state index in [1.165, 1.54) is 13.0 Å². The maximum atomic E-state index is 14.0. The highest BCUT2D eigenvalue weighted by Crippen LogP contribution is 2.48. The standard InChI is InChI=1S/C32H44N4O4/c1-4-14-34-17-19-35(20-18-34)15-9-13-33-31(37)29-24-10-7-8-11-25(24)32(38)36-16-12-23-21-27(39-5-2)28(40-6-3)22-26(23)30(29)36/h7-8,10-11,21-22,29-30H,4-6,9,12-20H2,1-3H3,(H,33,37)/t29-,30-/m0/s1. The summed E-state index contributed by atoms with van der Waals surface area (Å²) in [7, 11) is 0. The van der Waals surface area contributed by atoms with Crippen molar-refractivity contribution in [2.24, 2.45) is 0 Å². The Bertz CT molecular complexity index is 1190. The second-order valence-electron chi connectivity index (χ2n) is 10.9. The number of nitrogens with one attached hydrogen (secondary N) is 1. The number of ether oxygens (including phenoxy) is 2. The van der Waals surface area contributed by atoms with Crippen LogP contribution in [0.2, 0.25) is 0 Å². The Balaban J connectivity index is 1.35. The van der Waals surface area contributed by atoms with Gasteiger partial charge < -0.3 is 29.5 Å². The molecule has 0 unspecified atom stereocenters. The number of fused-ring (bicyclic) bond motifs is 4. The number of piperazine rings is 1. The third-order valence-corrected chi connectivity index (χ3v) is 8.42. The summed E-state index contributed by atoms with van der Waals surface area (Å²) in [6.07, 6.45) is 2.82. The molecule has 0 bridgehead atoms. The molecule has 3 aliphatic rings. The zero-order valence-corrected chi connectivity index (χ0v) is 24.3. The summed E-state index contributed by atoms with van der Waals surface area (Å²) in [5.74, 6) is 0.856. The molecule has 2 atom stereocenters. The van der Waals surface area contributed by atoms with Crippen molar-refractivity contribution in [1.29, 1.82) is 0 Å². The van der Waals surface area contributed by atoms with Gasteiger partial charge in [0, 0.05) is 44.8 Å². The van der Waals surface area contributed by atoms with E-state index in [-0.39, 0.29) is 17.9 Å². The molecular weight excluding hydrogens is 504 g/mol. The van der Waals surface area contributed by atoms with Crippen LogP contribution in [0, 0.1) is 0 Å². The van der Waals surface area contributed by atoms with E-state index in [0.717, 1.165) is 61.6 Å². The molecule has 40 heavy (non-hydrogen) atoms. The first kappa shape index (κ1) is 28.4. The summed E-state index contributed by atoms with van der Waals surface area (Å²) in [4.78, 5) is 34.5. The largest absolute Gasteiger partial charge is 0.490 e. The van der Waals surface area contributed by atoms with E-state index in [2.05, 4.69) is 22.0 Å². The molecule has 3 heterocycles. The topological polar surface area (TPSA) is 74.4 Å². The Morgan fingerprint density at radius 3 is 2.27 bits per heavy atom. The number of rotatable bonds is 11. The van der Waals surface area contributed by atoms with Crippen molar-refractivity contribution in [2.75, 3.05) is 65.6 Å². The van der Waals surface area contributed by atoms with Crippen LogP contribution >= 0.6 is 0 Å². The van der Waals surface area contributed by atoms with Crippen molar-refractivity contribution < 1.29 is 19.1 Å². The van der Waals surface area contributed by atoms with Gasteiger partial charge in [0.25, 0.3) is 5.91 Å². The van der Waals surface area contributed by atoms with Crippen LogP contribution in [0.4, 0.5) is 0 Å². The number of benzene rings is 2. The fourth-order valence-electron chi connectivity index (χ4n) is 6.53. The van der Waals surface area contributed by atoms with E-state index < -0.39 is 5.92 Å². The summed E-state index contributed by atoms with van der Waals surface area (Å²) < 4.78 is 11.8. The van der Waals surface area contributed by atoms with E-state index >= 15 is 0 Å². The van der Waals surface area contributed by atoms with Crippen molar-refractivity contribution in [3.05, 3.63) is 58.7 Å². The minimum atomic E-state index is -0.488. The first-order chi connectivity index (χ1) is 19.5. The first-order valence-electron chi connectivity index (χ1n) is 15.1. The first-order valence-corrected chi connectivity index (χ1v) is 15.1. The number of amides is 2. The number of carbonyl (C=O) groups excluding carboxylic acids is 2. The third-order valence-electron chi connectivity index (χ3n) is 8.42. The predicted octanol–water partition coefficient (Wildman–Crippen LogP) is 3.85. The summed E-state index contributed by atoms with van der Waals surface area (Å²) in [5.41, 5.74) is 3.52. The van der Waals surface area contributed by atoms with Crippen molar-refractivity contribution in [3.63, 3.8) is 0 Å². The van der Waals surface area contributed by atoms with E-state index in [0.29, 0.717) is 44.0 Å². The van der Waals surface area contributed by atoms with Gasteiger partial charge in [-0.15, -0.1) is 0 Å². The van der Waals surface area contributed by atoms with E-state index in [1.807, 2.05) is 55.1 Å². The molecule has 2 aromatic carbocycles. The molecule has 1 fully saturated rings. The Morgan fingerprint density at radius 1 is 0.900 bits per heavy atom. The highest BCUT2D eigenvalue weighted by molar-refractivity contribution is 6.01. The van der Waals surface area contributed by atoms with Crippen LogP contribution in [-0.2, 0) is 11.2 Å². The minimum Gasteiger partial charge on any atom is -0.490 e. The summed E-state index contributed by atoms with van der Waals surface area (Å²) in [6, 6.07) is 11.3. The Labute approximate surface area is 238 Å². The highest BCUT2D eigenvalue weighted by atomic mass is 16.5. The molecule has 1 saturated heterocycles. The lowest BCUT2D eigenvalue weighted by Crippen LogP contribution is -2.50. The Kier molecular flexibility index (Phi) is 9.27. The van der Waals surface area contributed by atoms with Gasteiger partial charge in [-0.05, 0) is 81.1 Å². The van der Waals surface area contributed by atoms with E-state index in [1.54, 1.807) is 0 Å². The zero-order valence-electron chi connectivity index (χ0n) is 24.3. The van der Waals surface area contributed by atoms with Gasteiger partial charge in [-0.2, -0.15) is 0 Å². The lowest BCUT2D eigenvalue weighted by Gasteiger charge is -2.45. The molecule has 1 N–H and O–H groups in total. The SMILES string of the molecule is CCCN1CCN(CCCNC(=O)[C@H]2c3ccccc3C(=O)N3CCc4cc(OCC)c(OCC)cc4[C@@H]23)CC1. The van der Waals surface area contributed by atoms with Gasteiger partial charge in [-0.1, -0.05) is 25.1 Å². The third kappa shape index (κ3) is 5.84. The molecule has 8 heteroatoms. The number of nitrogens with zero attached hydrogens (tertiary/aromatic N) is 3. The molecule has 3 aliphatic heterocycles. The zero-order chi connectivity index (χ0) is 28.1. The molecule has 5 rings (SSSR count). The molecule has 216 valence electrons. The van der Waals surface area contributed by atoms with Crippen LogP contribution in [0.1, 0.15) is 72.6 Å². The minimum absolute atomic E-state index is 0.00985. The Morgan fingerprint density at radius 2 is 1.57 bits per heavy atom. The average Bonchev–Trinajstić information content (AvgIpc) is 2.97. The second kappa shape index (κ2) is 13.0. The number of hydrogen-bond acceptors (Lipinski definition) is 6. The molecule has 0 radical (unpaired) electrons. The molecule has 8 nitrogen and oxygen atoms in total. The van der Waals surface area contributed by atoms with E-state index in [4.69, 9.17) is 9.47 Å². The summed E-state index contributed by atoms with van der Waals surface area (Å²) in [6.45, 7) is 15.0. The lowest BCUT2D eigenvalue weighted by molar-refractivity contribution is -0.124. The fourth-order valence-corrected chi connectivity index (χ4v) is 6.53. The van der Waals surface area contributed by atoms with Gasteiger partial charge in [0.2, 0.25) is 5.91 Å². The fraction of sp³-hybridized carbons (Fsp3) is 0.562. The van der Waals surface area contributed by atoms with Gasteiger partial charge in [0.1, 0.15) is 0 Å². The number of carbonyl (C=O) groups is 2. The smallest absolute Gasteiger partial charge is 0.254 e. The molecule has 0 aliphatic carbocycles. The predicted molar refractivity (Wildman–Crippen MR) is 156 cm³/mol. The average molecular weight is 549 g/mol. The molecule has 0 aromatic heterocycles. The molecular formula is C32H44N4O4. The van der Waals surface area contributed by atoms with Gasteiger partial charge in [0.05, 0.1) is 25.2 Å². The van der Waals surface area contributed by atoms with Crippen LogP contribution in [0.3, 0.4) is 0 Å². The van der Waals surface area contributed by atoms with E-state index in [9.17, 15) is 9.59 Å². The van der Waals surface area contributed by atoms with Crippen LogP contribution in [0.25, 0.3) is 0 Å². The highest BCUT2D eigenvalue weighted by Gasteiger charge is 2.46. The molecule has 2 aromatic rings. The second-order valence-corrected chi connectivity index (χ2v) is 10.9. The van der Waals surface area contributed by atoms with Crippen LogP contribution < -0.4 is 14.8 Å². The van der Waals surface area contributed by atoms with Gasteiger partial charge in [-0.3, -0.25) is 9.59 Å². The van der Waals surface area contributed by atoms with Crippen LogP contribution in [-0.4, -0.2) is 92.1 Å². The number of hydrogen-bond donors (Lipinski definition) is 1. The lowest BCUT2D eigenvalue weighted by atomic mass is 9.75. The van der Waals surface area contributed by atoms with Crippen molar-refractivity contribution >= 4 is 11.8 Å². The van der Waals surface area contributed by atoms with Gasteiger partial charge in [-0.25, -0.2) is 0 Å². The maximum Gasteiger partial charge on any atom is 0.254 e. The van der Waals surface area contributed by atoms with Gasteiger partial charge in [0.15, 0.2) is 11.5 Å². The van der Waals surface area contributed by atoms with Crippen molar-refractivity contribution in [2.45, 2.75) is 52.0 Å². The molecule has 0 saturated carbocycles. The molecule has 0 spiro atoms. The summed E-state index contributed by atoms with van der Waals surface area (Å²) in [5, 5.41) is 3.24. The molecule has 2 amide bonds. The summed E-state index contributed by atoms with van der Waals surface area (Å²) >= 11 is 0. The van der Waals surface area contributed by atoms with Crippen molar-refractivity contribution in [1.82, 2.24) is 20.0 Å². The monoisotopic (exact) mass is 548 g/mol. The normalized spacial score (nSPS) is 20.9. The van der Waals surface area contributed by atoms with Crippen LogP contribution in [0.15, 0.2) is 36.4 Å². The maximum absolute atomic E-state index is 14.0. The van der Waals surface area contributed by atoms with Gasteiger partial charge >= 0.3 is 0 Å².